The number of carbonyl (C=O) groups is 1. The highest BCUT2D eigenvalue weighted by atomic mass is 19.4. The van der Waals surface area contributed by atoms with Crippen molar-refractivity contribution in [2.75, 3.05) is 25.0 Å². The molecule has 1 N–H and O–H groups in total. The maximum absolute atomic E-state index is 13.4. The molecule has 1 atom stereocenters. The van der Waals surface area contributed by atoms with Gasteiger partial charge in [0.25, 0.3) is 0 Å². The molecule has 3 aromatic rings. The Morgan fingerprint density at radius 1 is 1.03 bits per heavy atom. The molecule has 1 saturated heterocycles. The van der Waals surface area contributed by atoms with Crippen molar-refractivity contribution in [2.45, 2.75) is 19.1 Å². The van der Waals surface area contributed by atoms with Crippen LogP contribution in [0, 0.1) is 5.82 Å². The van der Waals surface area contributed by atoms with Crippen molar-refractivity contribution >= 4 is 23.2 Å². The Hall–Kier alpha value is -4.08. The summed E-state index contributed by atoms with van der Waals surface area (Å²) in [7, 11) is 0. The molecule has 36 heavy (non-hydrogen) atoms. The molecule has 3 aromatic carbocycles. The van der Waals surface area contributed by atoms with Gasteiger partial charge in [-0.25, -0.2) is 14.2 Å². The lowest BCUT2D eigenvalue weighted by molar-refractivity contribution is -0.137. The van der Waals surface area contributed by atoms with Crippen LogP contribution in [0.5, 0.6) is 11.5 Å². The fourth-order valence-electron chi connectivity index (χ4n) is 4.32. The number of amidine groups is 1. The number of benzene rings is 3. The molecular formula is C26H22F4N4O2. The van der Waals surface area contributed by atoms with Crippen LogP contribution in [0.25, 0.3) is 0 Å². The number of rotatable bonds is 1. The molecule has 2 amide bonds. The minimum Gasteiger partial charge on any atom is -0.454 e. The molecule has 0 saturated carbocycles. The first-order chi connectivity index (χ1) is 17.2. The summed E-state index contributed by atoms with van der Waals surface area (Å²) in [5.41, 5.74) is 0.403. The van der Waals surface area contributed by atoms with Crippen LogP contribution in [0.1, 0.15) is 18.1 Å². The molecule has 2 aliphatic rings. The molecule has 0 bridgehead atoms. The number of halogens is 4. The van der Waals surface area contributed by atoms with Gasteiger partial charge in [-0.15, -0.1) is 0 Å². The standard InChI is InChI=1S/C26H22F4N4O2/c1-16-15-33(12-13-34(16)25(35)31-19-9-7-18(27)8-10-19)24-20-4-2-3-5-22(20)36-23-11-6-17(26(28,29)30)14-21(23)32-24/h2-11,14,16H,12-13,15H2,1H3,(H,31,35)/t16-/m1/s1. The molecule has 0 radical (unpaired) electrons. The van der Waals surface area contributed by atoms with Crippen molar-refractivity contribution < 1.29 is 27.1 Å². The number of anilines is 1. The van der Waals surface area contributed by atoms with Crippen LogP contribution in [0.15, 0.2) is 71.7 Å². The van der Waals surface area contributed by atoms with Gasteiger partial charge in [0, 0.05) is 31.4 Å². The van der Waals surface area contributed by atoms with E-state index >= 15 is 0 Å². The zero-order valence-corrected chi connectivity index (χ0v) is 19.2. The van der Waals surface area contributed by atoms with Gasteiger partial charge in [-0.2, -0.15) is 13.2 Å². The number of para-hydroxylation sites is 1. The van der Waals surface area contributed by atoms with E-state index in [4.69, 9.17) is 4.74 Å². The van der Waals surface area contributed by atoms with Crippen molar-refractivity contribution in [3.8, 4) is 11.5 Å². The monoisotopic (exact) mass is 498 g/mol. The molecule has 0 aromatic heterocycles. The molecule has 0 spiro atoms. The Balaban J connectivity index is 1.42. The first kappa shape index (κ1) is 23.7. The number of fused-ring (bicyclic) bond motifs is 2. The van der Waals surface area contributed by atoms with E-state index in [2.05, 4.69) is 10.3 Å². The van der Waals surface area contributed by atoms with Crippen molar-refractivity contribution in [1.82, 2.24) is 9.80 Å². The Bertz CT molecular complexity index is 1320. The lowest BCUT2D eigenvalue weighted by Gasteiger charge is -2.41. The fourth-order valence-corrected chi connectivity index (χ4v) is 4.32. The van der Waals surface area contributed by atoms with Gasteiger partial charge in [0.2, 0.25) is 0 Å². The molecular weight excluding hydrogens is 476 g/mol. The van der Waals surface area contributed by atoms with E-state index in [9.17, 15) is 22.4 Å². The first-order valence-electron chi connectivity index (χ1n) is 11.3. The van der Waals surface area contributed by atoms with Gasteiger partial charge in [0.05, 0.1) is 11.1 Å². The number of aliphatic imine (C=N–C) groups is 1. The lowest BCUT2D eigenvalue weighted by atomic mass is 10.1. The smallest absolute Gasteiger partial charge is 0.416 e. The molecule has 10 heteroatoms. The summed E-state index contributed by atoms with van der Waals surface area (Å²) in [5.74, 6) is 0.802. The number of urea groups is 1. The number of nitrogens with zero attached hydrogens (tertiary/aromatic N) is 3. The maximum Gasteiger partial charge on any atom is 0.416 e. The van der Waals surface area contributed by atoms with Crippen molar-refractivity contribution in [1.29, 1.82) is 0 Å². The highest BCUT2D eigenvalue weighted by Gasteiger charge is 2.34. The van der Waals surface area contributed by atoms with Crippen LogP contribution in [0.4, 0.5) is 33.7 Å². The average Bonchev–Trinajstić information content (AvgIpc) is 3.01. The second-order valence-corrected chi connectivity index (χ2v) is 8.64. The zero-order chi connectivity index (χ0) is 25.4. The van der Waals surface area contributed by atoms with Crippen molar-refractivity contribution in [2.24, 2.45) is 4.99 Å². The Kier molecular flexibility index (Phi) is 6.03. The number of ether oxygens (including phenoxy) is 1. The van der Waals surface area contributed by atoms with E-state index < -0.39 is 17.6 Å². The molecule has 5 rings (SSSR count). The van der Waals surface area contributed by atoms with Crippen LogP contribution in [-0.4, -0.2) is 47.3 Å². The zero-order valence-electron chi connectivity index (χ0n) is 19.2. The number of alkyl halides is 3. The van der Waals surface area contributed by atoms with Gasteiger partial charge in [-0.05, 0) is 61.5 Å². The number of nitrogens with one attached hydrogen (secondary N) is 1. The largest absolute Gasteiger partial charge is 0.454 e. The van der Waals surface area contributed by atoms with Gasteiger partial charge >= 0.3 is 12.2 Å². The summed E-state index contributed by atoms with van der Waals surface area (Å²) in [6, 6.07) is 15.3. The van der Waals surface area contributed by atoms with E-state index in [1.807, 2.05) is 24.0 Å². The predicted octanol–water partition coefficient (Wildman–Crippen LogP) is 6.27. The van der Waals surface area contributed by atoms with E-state index in [1.54, 1.807) is 17.0 Å². The third-order valence-electron chi connectivity index (χ3n) is 6.14. The molecule has 0 unspecified atom stereocenters. The highest BCUT2D eigenvalue weighted by molar-refractivity contribution is 6.04. The molecule has 0 aliphatic carbocycles. The minimum absolute atomic E-state index is 0.0835. The number of amides is 2. The van der Waals surface area contributed by atoms with Crippen LogP contribution in [-0.2, 0) is 6.18 Å². The van der Waals surface area contributed by atoms with Crippen LogP contribution in [0.3, 0.4) is 0 Å². The van der Waals surface area contributed by atoms with E-state index in [0.29, 0.717) is 42.5 Å². The molecule has 2 heterocycles. The van der Waals surface area contributed by atoms with Gasteiger partial charge in [-0.3, -0.25) is 0 Å². The van der Waals surface area contributed by atoms with Crippen LogP contribution in [0.2, 0.25) is 0 Å². The number of hydrogen-bond donors (Lipinski definition) is 1. The number of hydrogen-bond acceptors (Lipinski definition) is 4. The van der Waals surface area contributed by atoms with Gasteiger partial charge < -0.3 is 19.9 Å². The average molecular weight is 498 g/mol. The lowest BCUT2D eigenvalue weighted by Crippen LogP contribution is -2.56. The topological polar surface area (TPSA) is 57.2 Å². The normalized spacial score (nSPS) is 17.4. The minimum atomic E-state index is -4.51. The van der Waals surface area contributed by atoms with Gasteiger partial charge in [0.15, 0.2) is 5.75 Å². The van der Waals surface area contributed by atoms with Crippen LogP contribution < -0.4 is 10.1 Å². The summed E-state index contributed by atoms with van der Waals surface area (Å²) in [4.78, 5) is 21.1. The molecule has 186 valence electrons. The van der Waals surface area contributed by atoms with E-state index in [0.717, 1.165) is 12.1 Å². The summed E-state index contributed by atoms with van der Waals surface area (Å²) < 4.78 is 59.2. The molecule has 6 nitrogen and oxygen atoms in total. The third-order valence-corrected chi connectivity index (χ3v) is 6.14. The quantitative estimate of drug-likeness (QED) is 0.403. The second-order valence-electron chi connectivity index (χ2n) is 8.64. The third kappa shape index (κ3) is 4.71. The number of piperazine rings is 1. The fraction of sp³-hybridized carbons (Fsp3) is 0.231. The number of carbonyl (C=O) groups excluding carboxylic acids is 1. The summed E-state index contributed by atoms with van der Waals surface area (Å²) in [5, 5.41) is 2.77. The molecule has 1 fully saturated rings. The summed E-state index contributed by atoms with van der Waals surface area (Å²) in [6.07, 6.45) is -4.51. The predicted molar refractivity (Wildman–Crippen MR) is 127 cm³/mol. The van der Waals surface area contributed by atoms with E-state index in [-0.39, 0.29) is 23.5 Å². The summed E-state index contributed by atoms with van der Waals surface area (Å²) in [6.45, 7) is 3.04. The highest BCUT2D eigenvalue weighted by Crippen LogP contribution is 2.41. The molecule has 2 aliphatic heterocycles. The first-order valence-corrected chi connectivity index (χ1v) is 11.3. The summed E-state index contributed by atoms with van der Waals surface area (Å²) >= 11 is 0. The second kappa shape index (κ2) is 9.18. The van der Waals surface area contributed by atoms with E-state index in [1.165, 1.54) is 30.3 Å². The van der Waals surface area contributed by atoms with Gasteiger partial charge in [0.1, 0.15) is 23.1 Å². The Labute approximate surface area is 204 Å². The SMILES string of the molecule is C[C@@H]1CN(C2=Nc3cc(C(F)(F)F)ccc3Oc3ccccc32)CCN1C(=O)Nc1ccc(F)cc1. The van der Waals surface area contributed by atoms with Crippen molar-refractivity contribution in [3.63, 3.8) is 0 Å². The maximum atomic E-state index is 13.4. The van der Waals surface area contributed by atoms with Gasteiger partial charge in [-0.1, -0.05) is 12.1 Å². The Morgan fingerprint density at radius 2 is 1.78 bits per heavy atom. The Morgan fingerprint density at radius 3 is 2.50 bits per heavy atom. The van der Waals surface area contributed by atoms with Crippen molar-refractivity contribution in [3.05, 3.63) is 83.7 Å². The van der Waals surface area contributed by atoms with Crippen LogP contribution >= 0.6 is 0 Å².